The van der Waals surface area contributed by atoms with Gasteiger partial charge >= 0.3 is 0 Å². The minimum absolute atomic E-state index is 0.108. The maximum atomic E-state index is 13.9. The molecule has 0 spiro atoms. The molecule has 4 nitrogen and oxygen atoms in total. The van der Waals surface area contributed by atoms with Gasteiger partial charge < -0.3 is 15.1 Å². The van der Waals surface area contributed by atoms with E-state index in [1.165, 1.54) is 11.6 Å². The summed E-state index contributed by atoms with van der Waals surface area (Å²) in [7, 11) is 2.12. The molecule has 0 aromatic heterocycles. The van der Waals surface area contributed by atoms with Crippen molar-refractivity contribution in [3.8, 4) is 0 Å². The number of amides is 1. The van der Waals surface area contributed by atoms with Gasteiger partial charge in [-0.1, -0.05) is 6.07 Å². The van der Waals surface area contributed by atoms with Gasteiger partial charge in [-0.2, -0.15) is 0 Å². The van der Waals surface area contributed by atoms with Crippen molar-refractivity contribution in [1.82, 2.24) is 4.90 Å². The Kier molecular flexibility index (Phi) is 2.18. The highest BCUT2D eigenvalue weighted by atomic mass is 19.1. The molecule has 1 aromatic rings. The van der Waals surface area contributed by atoms with E-state index >= 15 is 0 Å². The standard InChI is InChI=1S/C14H16FN3O/c1-17-5-4-11-9(6-17)8-2-3-10(15)13-14(8)18(11)7-12(19)16-13/h2-3,9,11H,4-7H2,1H3,(H,16,19). The minimum Gasteiger partial charge on any atom is -0.357 e. The van der Waals surface area contributed by atoms with Gasteiger partial charge in [0.05, 0.1) is 12.2 Å². The number of carbonyl (C=O) groups excluding carboxylic acids is 1. The van der Waals surface area contributed by atoms with E-state index in [1.54, 1.807) is 0 Å². The van der Waals surface area contributed by atoms with Gasteiger partial charge in [-0.15, -0.1) is 0 Å². The molecule has 1 N–H and O–H groups in total. The summed E-state index contributed by atoms with van der Waals surface area (Å²) in [4.78, 5) is 16.2. The lowest BCUT2D eigenvalue weighted by molar-refractivity contribution is -0.115. The van der Waals surface area contributed by atoms with Crippen LogP contribution < -0.4 is 10.2 Å². The number of piperidine rings is 1. The molecule has 1 saturated heterocycles. The zero-order valence-electron chi connectivity index (χ0n) is 10.8. The number of likely N-dealkylation sites (N-methyl/N-ethyl adjacent to an activating group) is 1. The van der Waals surface area contributed by atoms with E-state index in [4.69, 9.17) is 0 Å². The molecule has 0 aliphatic carbocycles. The maximum Gasteiger partial charge on any atom is 0.244 e. The average molecular weight is 261 g/mol. The van der Waals surface area contributed by atoms with E-state index in [-0.39, 0.29) is 11.7 Å². The van der Waals surface area contributed by atoms with E-state index in [9.17, 15) is 9.18 Å². The van der Waals surface area contributed by atoms with Gasteiger partial charge in [-0.25, -0.2) is 4.39 Å². The minimum atomic E-state index is -0.330. The second-order valence-electron chi connectivity index (χ2n) is 5.76. The van der Waals surface area contributed by atoms with Crippen molar-refractivity contribution >= 4 is 17.3 Å². The van der Waals surface area contributed by atoms with Gasteiger partial charge in [-0.3, -0.25) is 4.79 Å². The average Bonchev–Trinajstić information content (AvgIpc) is 2.68. The summed E-state index contributed by atoms with van der Waals surface area (Å²) in [5, 5.41) is 2.69. The Balaban J connectivity index is 1.89. The van der Waals surface area contributed by atoms with Crippen LogP contribution in [0, 0.1) is 5.82 Å². The molecule has 2 unspecified atom stereocenters. The molecular weight excluding hydrogens is 245 g/mol. The number of likely N-dealkylation sites (tertiary alicyclic amines) is 1. The Morgan fingerprint density at radius 3 is 3.11 bits per heavy atom. The quantitative estimate of drug-likeness (QED) is 0.766. The van der Waals surface area contributed by atoms with E-state index in [0.29, 0.717) is 24.2 Å². The van der Waals surface area contributed by atoms with Crippen molar-refractivity contribution in [2.45, 2.75) is 18.4 Å². The Bertz CT molecular complexity index is 574. The Morgan fingerprint density at radius 1 is 1.42 bits per heavy atom. The molecule has 19 heavy (non-hydrogen) atoms. The number of nitrogens with zero attached hydrogens (tertiary/aromatic N) is 2. The lowest BCUT2D eigenvalue weighted by atomic mass is 9.89. The van der Waals surface area contributed by atoms with Gasteiger partial charge in [0.2, 0.25) is 5.91 Å². The fourth-order valence-electron chi connectivity index (χ4n) is 3.79. The first-order valence-electron chi connectivity index (χ1n) is 6.72. The Hall–Kier alpha value is -1.62. The van der Waals surface area contributed by atoms with Crippen LogP contribution in [0.25, 0.3) is 0 Å². The van der Waals surface area contributed by atoms with Crippen LogP contribution >= 0.6 is 0 Å². The molecular formula is C14H16FN3O. The van der Waals surface area contributed by atoms with Crippen LogP contribution in [0.2, 0.25) is 0 Å². The number of nitrogens with one attached hydrogen (secondary N) is 1. The van der Waals surface area contributed by atoms with Gasteiger partial charge in [0.1, 0.15) is 11.5 Å². The number of halogens is 1. The molecule has 3 aliphatic rings. The number of fused-ring (bicyclic) bond motifs is 3. The number of rotatable bonds is 0. The van der Waals surface area contributed by atoms with E-state index in [0.717, 1.165) is 25.2 Å². The maximum absolute atomic E-state index is 13.9. The van der Waals surface area contributed by atoms with Crippen molar-refractivity contribution in [3.05, 3.63) is 23.5 Å². The van der Waals surface area contributed by atoms with Crippen LogP contribution in [-0.4, -0.2) is 43.5 Å². The summed E-state index contributed by atoms with van der Waals surface area (Å²) in [5.41, 5.74) is 2.49. The third kappa shape index (κ3) is 1.45. The lowest BCUT2D eigenvalue weighted by Gasteiger charge is -2.38. The summed E-state index contributed by atoms with van der Waals surface area (Å²) in [6, 6.07) is 3.72. The van der Waals surface area contributed by atoms with Crippen molar-refractivity contribution in [3.63, 3.8) is 0 Å². The van der Waals surface area contributed by atoms with Gasteiger partial charge in [0.25, 0.3) is 0 Å². The molecule has 2 atom stereocenters. The third-order valence-electron chi connectivity index (χ3n) is 4.60. The van der Waals surface area contributed by atoms with Crippen molar-refractivity contribution in [2.75, 3.05) is 36.9 Å². The molecule has 100 valence electrons. The van der Waals surface area contributed by atoms with Crippen LogP contribution in [0.3, 0.4) is 0 Å². The molecule has 3 aliphatic heterocycles. The molecule has 1 fully saturated rings. The number of anilines is 2. The predicted octanol–water partition coefficient (Wildman–Crippen LogP) is 1.39. The summed E-state index contributed by atoms with van der Waals surface area (Å²) >= 11 is 0. The molecule has 4 rings (SSSR count). The topological polar surface area (TPSA) is 35.6 Å². The second kappa shape index (κ2) is 3.70. The van der Waals surface area contributed by atoms with Gasteiger partial charge in [0.15, 0.2) is 0 Å². The normalized spacial score (nSPS) is 28.9. The summed E-state index contributed by atoms with van der Waals surface area (Å²) in [6.07, 6.45) is 1.03. The lowest BCUT2D eigenvalue weighted by Crippen LogP contribution is -2.48. The SMILES string of the molecule is CN1CCC2C(C1)c1ccc(F)c3c1N2CC(=O)N3. The van der Waals surface area contributed by atoms with Crippen LogP contribution in [0.15, 0.2) is 12.1 Å². The highest BCUT2D eigenvalue weighted by Crippen LogP contribution is 2.50. The Labute approximate surface area is 111 Å². The molecule has 3 heterocycles. The van der Waals surface area contributed by atoms with E-state index < -0.39 is 0 Å². The summed E-state index contributed by atoms with van der Waals surface area (Å²) in [6.45, 7) is 2.37. The van der Waals surface area contributed by atoms with Crippen LogP contribution in [-0.2, 0) is 4.79 Å². The molecule has 1 amide bonds. The van der Waals surface area contributed by atoms with Gasteiger partial charge in [0, 0.05) is 18.5 Å². The largest absolute Gasteiger partial charge is 0.357 e. The van der Waals surface area contributed by atoms with Crippen molar-refractivity contribution in [2.24, 2.45) is 0 Å². The van der Waals surface area contributed by atoms with E-state index in [1.807, 2.05) is 6.07 Å². The number of hydrogen-bond acceptors (Lipinski definition) is 3. The van der Waals surface area contributed by atoms with Crippen LogP contribution in [0.5, 0.6) is 0 Å². The zero-order valence-corrected chi connectivity index (χ0v) is 10.8. The smallest absolute Gasteiger partial charge is 0.244 e. The van der Waals surface area contributed by atoms with E-state index in [2.05, 4.69) is 22.2 Å². The number of benzene rings is 1. The predicted molar refractivity (Wildman–Crippen MR) is 71.0 cm³/mol. The Morgan fingerprint density at radius 2 is 2.26 bits per heavy atom. The van der Waals surface area contributed by atoms with Crippen LogP contribution in [0.1, 0.15) is 17.9 Å². The third-order valence-corrected chi connectivity index (χ3v) is 4.60. The summed E-state index contributed by atoms with van der Waals surface area (Å²) in [5.74, 6) is -0.0484. The monoisotopic (exact) mass is 261 g/mol. The molecule has 5 heteroatoms. The molecule has 0 saturated carbocycles. The molecule has 0 radical (unpaired) electrons. The first kappa shape index (κ1) is 11.2. The number of hydrogen-bond donors (Lipinski definition) is 1. The first-order valence-corrected chi connectivity index (χ1v) is 6.72. The van der Waals surface area contributed by atoms with Crippen LogP contribution in [0.4, 0.5) is 15.8 Å². The molecule has 1 aromatic carbocycles. The fourth-order valence-corrected chi connectivity index (χ4v) is 3.79. The summed E-state index contributed by atoms with van der Waals surface area (Å²) < 4.78 is 13.9. The highest BCUT2D eigenvalue weighted by Gasteiger charge is 2.45. The number of carbonyl (C=O) groups is 1. The van der Waals surface area contributed by atoms with Gasteiger partial charge in [-0.05, 0) is 31.6 Å². The highest BCUT2D eigenvalue weighted by molar-refractivity contribution is 6.03. The van der Waals surface area contributed by atoms with Crippen molar-refractivity contribution < 1.29 is 9.18 Å². The first-order chi connectivity index (χ1) is 9.15. The fraction of sp³-hybridized carbons (Fsp3) is 0.500. The van der Waals surface area contributed by atoms with Crippen molar-refractivity contribution in [1.29, 1.82) is 0 Å². The zero-order chi connectivity index (χ0) is 13.1. The molecule has 0 bridgehead atoms. The second-order valence-corrected chi connectivity index (χ2v) is 5.76.